The smallest absolute Gasteiger partial charge is 0.126 e. The Bertz CT molecular complexity index is 774. The molecule has 3 aromatic rings. The van der Waals surface area contributed by atoms with Gasteiger partial charge in [-0.3, -0.25) is 0 Å². The van der Waals surface area contributed by atoms with Crippen LogP contribution in [0.5, 0.6) is 0 Å². The molecule has 0 spiro atoms. The zero-order chi connectivity index (χ0) is 14.3. The van der Waals surface area contributed by atoms with E-state index >= 15 is 0 Å². The number of aliphatic hydroxyl groups is 1. The third-order valence-corrected chi connectivity index (χ3v) is 3.85. The van der Waals surface area contributed by atoms with Crippen LogP contribution >= 0.6 is 0 Å². The number of halogens is 1. The predicted octanol–water partition coefficient (Wildman–Crippen LogP) is 3.87. The largest absolute Gasteiger partial charge is 0.381 e. The van der Waals surface area contributed by atoms with Crippen LogP contribution in [0, 0.1) is 12.7 Å². The van der Waals surface area contributed by atoms with Crippen molar-refractivity contribution in [2.45, 2.75) is 19.4 Å². The van der Waals surface area contributed by atoms with E-state index in [1.54, 1.807) is 26.0 Å². The number of fused-ring (bicyclic) bond motifs is 1. The van der Waals surface area contributed by atoms with E-state index < -0.39 is 5.60 Å². The normalized spacial score (nSPS) is 14.4. The van der Waals surface area contributed by atoms with Gasteiger partial charge in [0.2, 0.25) is 0 Å². The van der Waals surface area contributed by atoms with Gasteiger partial charge in [-0.2, -0.15) is 0 Å². The van der Waals surface area contributed by atoms with Crippen LogP contribution in [0.3, 0.4) is 0 Å². The number of H-pyrrole nitrogens is 1. The Labute approximate surface area is 116 Å². The van der Waals surface area contributed by atoms with Crippen molar-refractivity contribution in [2.24, 2.45) is 0 Å². The third kappa shape index (κ3) is 2.00. The van der Waals surface area contributed by atoms with Gasteiger partial charge in [0, 0.05) is 11.7 Å². The number of aryl methyl sites for hydroxylation is 1. The predicted molar refractivity (Wildman–Crippen MR) is 78.1 cm³/mol. The van der Waals surface area contributed by atoms with Crippen molar-refractivity contribution in [1.82, 2.24) is 4.98 Å². The molecule has 0 aliphatic rings. The molecule has 1 atom stereocenters. The Morgan fingerprint density at radius 3 is 2.50 bits per heavy atom. The highest BCUT2D eigenvalue weighted by Gasteiger charge is 2.26. The zero-order valence-electron chi connectivity index (χ0n) is 11.4. The van der Waals surface area contributed by atoms with E-state index in [1.807, 2.05) is 30.5 Å². The highest BCUT2D eigenvalue weighted by molar-refractivity contribution is 5.80. The molecule has 0 aliphatic carbocycles. The summed E-state index contributed by atoms with van der Waals surface area (Å²) in [5, 5.41) is 11.8. The fraction of sp³-hybridized carbons (Fsp3) is 0.176. The molecule has 1 aromatic heterocycles. The van der Waals surface area contributed by atoms with Gasteiger partial charge in [-0.15, -0.1) is 0 Å². The fourth-order valence-corrected chi connectivity index (χ4v) is 2.42. The van der Waals surface area contributed by atoms with Crippen molar-refractivity contribution in [1.29, 1.82) is 0 Å². The Kier molecular flexibility index (Phi) is 2.87. The number of nitrogens with one attached hydrogen (secondary N) is 1. The molecule has 0 saturated carbocycles. The average molecular weight is 269 g/mol. The number of hydrogen-bond acceptors (Lipinski definition) is 1. The molecule has 3 heteroatoms. The minimum absolute atomic E-state index is 0.300. The van der Waals surface area contributed by atoms with Gasteiger partial charge in [0.05, 0.1) is 0 Å². The molecule has 2 nitrogen and oxygen atoms in total. The lowest BCUT2D eigenvalue weighted by molar-refractivity contribution is 0.102. The molecule has 0 bridgehead atoms. The molecule has 1 unspecified atom stereocenters. The summed E-state index contributed by atoms with van der Waals surface area (Å²) in [6.07, 6.45) is 1.86. The molecule has 1 heterocycles. The summed E-state index contributed by atoms with van der Waals surface area (Å²) in [5.74, 6) is -0.300. The van der Waals surface area contributed by atoms with Gasteiger partial charge in [-0.25, -0.2) is 4.39 Å². The summed E-state index contributed by atoms with van der Waals surface area (Å²) in [4.78, 5) is 3.11. The van der Waals surface area contributed by atoms with Gasteiger partial charge in [0.25, 0.3) is 0 Å². The number of rotatable bonds is 2. The minimum Gasteiger partial charge on any atom is -0.381 e. The summed E-state index contributed by atoms with van der Waals surface area (Å²) >= 11 is 0. The second-order valence-electron chi connectivity index (χ2n) is 5.32. The Morgan fingerprint density at radius 2 is 1.75 bits per heavy atom. The molecule has 2 N–H and O–H groups in total. The quantitative estimate of drug-likeness (QED) is 0.728. The van der Waals surface area contributed by atoms with E-state index in [2.05, 4.69) is 4.98 Å². The van der Waals surface area contributed by atoms with Gasteiger partial charge in [-0.1, -0.05) is 18.2 Å². The molecular weight excluding hydrogens is 253 g/mol. The number of aromatic nitrogens is 1. The van der Waals surface area contributed by atoms with Crippen LogP contribution in [-0.4, -0.2) is 10.1 Å². The summed E-state index contributed by atoms with van der Waals surface area (Å²) in [7, 11) is 0. The van der Waals surface area contributed by atoms with E-state index in [4.69, 9.17) is 0 Å². The van der Waals surface area contributed by atoms with Gasteiger partial charge in [-0.05, 0) is 60.2 Å². The number of benzene rings is 2. The maximum atomic E-state index is 13.7. The van der Waals surface area contributed by atoms with Crippen molar-refractivity contribution in [3.05, 3.63) is 71.2 Å². The van der Waals surface area contributed by atoms with Crippen molar-refractivity contribution in [3.63, 3.8) is 0 Å². The van der Waals surface area contributed by atoms with Crippen molar-refractivity contribution >= 4 is 10.9 Å². The van der Waals surface area contributed by atoms with Crippen LogP contribution in [0.2, 0.25) is 0 Å². The highest BCUT2D eigenvalue weighted by Crippen LogP contribution is 2.31. The second-order valence-corrected chi connectivity index (χ2v) is 5.32. The molecule has 0 saturated heterocycles. The Balaban J connectivity index is 2.11. The van der Waals surface area contributed by atoms with Gasteiger partial charge < -0.3 is 10.1 Å². The van der Waals surface area contributed by atoms with Crippen LogP contribution in [0.1, 0.15) is 23.6 Å². The maximum Gasteiger partial charge on any atom is 0.126 e. The molecule has 0 aliphatic heterocycles. The number of hydrogen-bond donors (Lipinski definition) is 2. The van der Waals surface area contributed by atoms with Gasteiger partial charge >= 0.3 is 0 Å². The lowest BCUT2D eigenvalue weighted by Crippen LogP contribution is -2.23. The summed E-state index contributed by atoms with van der Waals surface area (Å²) in [5.41, 5.74) is 1.66. The zero-order valence-corrected chi connectivity index (χ0v) is 11.4. The van der Waals surface area contributed by atoms with E-state index in [9.17, 15) is 9.50 Å². The molecule has 20 heavy (non-hydrogen) atoms. The molecule has 0 amide bonds. The van der Waals surface area contributed by atoms with E-state index in [0.29, 0.717) is 11.1 Å². The van der Waals surface area contributed by atoms with Crippen LogP contribution in [0.15, 0.2) is 48.7 Å². The third-order valence-electron chi connectivity index (χ3n) is 3.85. The van der Waals surface area contributed by atoms with Crippen molar-refractivity contribution in [3.8, 4) is 0 Å². The standard InChI is InChI=1S/C17H16FNO/c1-11-3-4-14(10-15(11)18)17(2,20)13-5-6-16-12(9-13)7-8-19-16/h3-10,19-20H,1-2H3. The summed E-state index contributed by atoms with van der Waals surface area (Å²) in [6, 6.07) is 12.5. The van der Waals surface area contributed by atoms with Gasteiger partial charge in [0.15, 0.2) is 0 Å². The minimum atomic E-state index is -1.22. The molecular formula is C17H16FNO. The molecule has 0 fully saturated rings. The van der Waals surface area contributed by atoms with E-state index in [0.717, 1.165) is 16.5 Å². The summed E-state index contributed by atoms with van der Waals surface area (Å²) in [6.45, 7) is 3.39. The van der Waals surface area contributed by atoms with Crippen LogP contribution in [0.4, 0.5) is 4.39 Å². The van der Waals surface area contributed by atoms with Crippen molar-refractivity contribution < 1.29 is 9.50 Å². The lowest BCUT2D eigenvalue weighted by atomic mass is 9.87. The first-order valence-corrected chi connectivity index (χ1v) is 6.55. The molecule has 2 aromatic carbocycles. The Hall–Kier alpha value is -2.13. The number of aromatic amines is 1. The SMILES string of the molecule is Cc1ccc(C(C)(O)c2ccc3[nH]ccc3c2)cc1F. The topological polar surface area (TPSA) is 36.0 Å². The first-order valence-electron chi connectivity index (χ1n) is 6.55. The monoisotopic (exact) mass is 269 g/mol. The van der Waals surface area contributed by atoms with E-state index in [1.165, 1.54) is 6.07 Å². The molecule has 0 radical (unpaired) electrons. The lowest BCUT2D eigenvalue weighted by Gasteiger charge is -2.25. The van der Waals surface area contributed by atoms with E-state index in [-0.39, 0.29) is 5.82 Å². The first-order chi connectivity index (χ1) is 9.48. The Morgan fingerprint density at radius 1 is 1.05 bits per heavy atom. The molecule has 3 rings (SSSR count). The first kappa shape index (κ1) is 12.9. The van der Waals surface area contributed by atoms with Crippen molar-refractivity contribution in [2.75, 3.05) is 0 Å². The fourth-order valence-electron chi connectivity index (χ4n) is 2.42. The maximum absolute atomic E-state index is 13.7. The molecule has 102 valence electrons. The average Bonchev–Trinajstić information content (AvgIpc) is 2.89. The summed E-state index contributed by atoms with van der Waals surface area (Å²) < 4.78 is 13.7. The van der Waals surface area contributed by atoms with Crippen LogP contribution < -0.4 is 0 Å². The van der Waals surface area contributed by atoms with Crippen LogP contribution in [0.25, 0.3) is 10.9 Å². The second kappa shape index (κ2) is 4.46. The van der Waals surface area contributed by atoms with Gasteiger partial charge in [0.1, 0.15) is 11.4 Å². The van der Waals surface area contributed by atoms with Crippen LogP contribution in [-0.2, 0) is 5.60 Å². The highest BCUT2D eigenvalue weighted by atomic mass is 19.1.